The summed E-state index contributed by atoms with van der Waals surface area (Å²) in [7, 11) is 1.68. The van der Waals surface area contributed by atoms with Gasteiger partial charge in [0.25, 0.3) is 0 Å². The number of hydrogen-bond donors (Lipinski definition) is 1. The SMILES string of the molecule is COc1ccc(C)cc1-c1cc(=S)nc(C(C)(C)C)[nH]1. The number of nitrogens with zero attached hydrogens (tertiary/aromatic N) is 1. The van der Waals surface area contributed by atoms with Crippen molar-refractivity contribution in [1.29, 1.82) is 0 Å². The second-order valence-corrected chi connectivity index (χ2v) is 6.35. The van der Waals surface area contributed by atoms with Crippen molar-refractivity contribution in [2.45, 2.75) is 33.1 Å². The van der Waals surface area contributed by atoms with E-state index in [1.54, 1.807) is 7.11 Å². The van der Waals surface area contributed by atoms with Gasteiger partial charge in [-0.1, -0.05) is 44.6 Å². The lowest BCUT2D eigenvalue weighted by molar-refractivity contribution is 0.416. The van der Waals surface area contributed by atoms with Crippen LogP contribution in [0, 0.1) is 11.6 Å². The number of nitrogens with one attached hydrogen (secondary N) is 1. The molecule has 0 atom stereocenters. The minimum absolute atomic E-state index is 0.0827. The van der Waals surface area contributed by atoms with Crippen molar-refractivity contribution in [3.05, 3.63) is 40.3 Å². The summed E-state index contributed by atoms with van der Waals surface area (Å²) >= 11 is 5.30. The van der Waals surface area contributed by atoms with Crippen LogP contribution in [0.25, 0.3) is 11.3 Å². The third-order valence-corrected chi connectivity index (χ3v) is 3.31. The van der Waals surface area contributed by atoms with Gasteiger partial charge in [-0.2, -0.15) is 0 Å². The Balaban J connectivity index is 2.67. The van der Waals surface area contributed by atoms with Gasteiger partial charge in [0.2, 0.25) is 0 Å². The molecule has 0 unspecified atom stereocenters. The van der Waals surface area contributed by atoms with Crippen molar-refractivity contribution in [3.8, 4) is 17.0 Å². The number of benzene rings is 1. The van der Waals surface area contributed by atoms with Gasteiger partial charge in [-0.3, -0.25) is 0 Å². The average molecular weight is 288 g/mol. The Morgan fingerprint density at radius 3 is 2.50 bits per heavy atom. The zero-order valence-corrected chi connectivity index (χ0v) is 13.4. The Hall–Kier alpha value is -1.68. The molecule has 0 bridgehead atoms. The summed E-state index contributed by atoms with van der Waals surface area (Å²) in [5, 5.41) is 0. The minimum Gasteiger partial charge on any atom is -0.496 e. The fourth-order valence-corrected chi connectivity index (χ4v) is 2.20. The maximum atomic E-state index is 5.45. The van der Waals surface area contributed by atoms with Crippen LogP contribution in [0.2, 0.25) is 0 Å². The molecule has 2 rings (SSSR count). The monoisotopic (exact) mass is 288 g/mol. The normalized spacial score (nSPS) is 11.4. The summed E-state index contributed by atoms with van der Waals surface area (Å²) in [5.74, 6) is 1.70. The molecule has 0 radical (unpaired) electrons. The van der Waals surface area contributed by atoms with Gasteiger partial charge in [0, 0.05) is 11.0 Å². The quantitative estimate of drug-likeness (QED) is 0.831. The van der Waals surface area contributed by atoms with Gasteiger partial charge in [0.1, 0.15) is 16.2 Å². The molecule has 0 aliphatic heterocycles. The van der Waals surface area contributed by atoms with E-state index in [1.807, 2.05) is 18.2 Å². The Labute approximate surface area is 125 Å². The molecule has 1 aromatic carbocycles. The number of hydrogen-bond acceptors (Lipinski definition) is 3. The van der Waals surface area contributed by atoms with Crippen LogP contribution in [0.1, 0.15) is 32.2 Å². The molecule has 0 fully saturated rings. The maximum Gasteiger partial charge on any atom is 0.130 e. The number of ether oxygens (including phenoxy) is 1. The number of aromatic amines is 1. The summed E-state index contributed by atoms with van der Waals surface area (Å²) in [6, 6.07) is 7.97. The second-order valence-electron chi connectivity index (χ2n) is 5.94. The van der Waals surface area contributed by atoms with Crippen LogP contribution < -0.4 is 4.74 Å². The van der Waals surface area contributed by atoms with Gasteiger partial charge in [-0.25, -0.2) is 4.98 Å². The van der Waals surface area contributed by atoms with Crippen LogP contribution in [0.5, 0.6) is 5.75 Å². The largest absolute Gasteiger partial charge is 0.496 e. The molecule has 1 heterocycles. The van der Waals surface area contributed by atoms with E-state index in [0.29, 0.717) is 4.64 Å². The molecular weight excluding hydrogens is 268 g/mol. The molecule has 0 aliphatic rings. The van der Waals surface area contributed by atoms with Gasteiger partial charge in [0.05, 0.1) is 12.8 Å². The van der Waals surface area contributed by atoms with Gasteiger partial charge < -0.3 is 9.72 Å². The molecule has 4 heteroatoms. The van der Waals surface area contributed by atoms with Crippen LogP contribution in [0.4, 0.5) is 0 Å². The van der Waals surface area contributed by atoms with Crippen molar-refractivity contribution in [2.75, 3.05) is 7.11 Å². The molecule has 2 aromatic rings. The van der Waals surface area contributed by atoms with Crippen molar-refractivity contribution in [2.24, 2.45) is 0 Å². The van der Waals surface area contributed by atoms with E-state index in [4.69, 9.17) is 17.0 Å². The van der Waals surface area contributed by atoms with Crippen LogP contribution in [0.15, 0.2) is 24.3 Å². The first-order valence-corrected chi connectivity index (χ1v) is 6.99. The summed E-state index contributed by atoms with van der Waals surface area (Å²) in [4.78, 5) is 7.81. The van der Waals surface area contributed by atoms with Crippen LogP contribution in [-0.4, -0.2) is 17.1 Å². The molecule has 0 saturated carbocycles. The van der Waals surface area contributed by atoms with E-state index in [9.17, 15) is 0 Å². The number of aryl methyl sites for hydroxylation is 1. The molecule has 1 N–H and O–H groups in total. The molecule has 0 saturated heterocycles. The lowest BCUT2D eigenvalue weighted by atomic mass is 9.95. The lowest BCUT2D eigenvalue weighted by Crippen LogP contribution is -2.16. The average Bonchev–Trinajstić information content (AvgIpc) is 2.37. The smallest absolute Gasteiger partial charge is 0.130 e. The highest BCUT2D eigenvalue weighted by atomic mass is 32.1. The Bertz CT molecular complexity index is 684. The van der Waals surface area contributed by atoms with E-state index >= 15 is 0 Å². The molecule has 20 heavy (non-hydrogen) atoms. The third kappa shape index (κ3) is 3.07. The van der Waals surface area contributed by atoms with Crippen molar-refractivity contribution in [1.82, 2.24) is 9.97 Å². The number of H-pyrrole nitrogens is 1. The summed E-state index contributed by atoms with van der Waals surface area (Å²) in [5.41, 5.74) is 3.04. The first-order valence-electron chi connectivity index (χ1n) is 6.58. The van der Waals surface area contributed by atoms with E-state index in [2.05, 4.69) is 43.7 Å². The highest BCUT2D eigenvalue weighted by Crippen LogP contribution is 2.30. The highest BCUT2D eigenvalue weighted by Gasteiger charge is 2.18. The van der Waals surface area contributed by atoms with Crippen molar-refractivity contribution in [3.63, 3.8) is 0 Å². The molecular formula is C16H20N2OS. The van der Waals surface area contributed by atoms with Crippen molar-refractivity contribution < 1.29 is 4.74 Å². The standard InChI is InChI=1S/C16H20N2OS/c1-10-6-7-13(19-5)11(8-10)12-9-14(20)18-15(17-12)16(2,3)4/h6-9H,1-5H3,(H,17,18,20). The first kappa shape index (κ1) is 14.7. The van der Waals surface area contributed by atoms with E-state index in [0.717, 1.165) is 22.8 Å². The predicted octanol–water partition coefficient (Wildman–Crippen LogP) is 4.42. The van der Waals surface area contributed by atoms with Gasteiger partial charge in [-0.15, -0.1) is 0 Å². The minimum atomic E-state index is -0.0827. The number of methoxy groups -OCH3 is 1. The van der Waals surface area contributed by atoms with Gasteiger partial charge in [-0.05, 0) is 25.1 Å². The zero-order valence-electron chi connectivity index (χ0n) is 12.6. The number of aromatic nitrogens is 2. The molecule has 106 valence electrons. The summed E-state index contributed by atoms with van der Waals surface area (Å²) < 4.78 is 6.04. The fourth-order valence-electron chi connectivity index (χ4n) is 1.99. The second kappa shape index (κ2) is 5.37. The molecule has 0 aliphatic carbocycles. The molecule has 0 spiro atoms. The Morgan fingerprint density at radius 2 is 1.90 bits per heavy atom. The Kier molecular flexibility index (Phi) is 3.95. The highest BCUT2D eigenvalue weighted by molar-refractivity contribution is 7.71. The zero-order chi connectivity index (χ0) is 14.9. The third-order valence-electron chi connectivity index (χ3n) is 3.10. The maximum absolute atomic E-state index is 5.45. The molecule has 0 amide bonds. The molecule has 1 aromatic heterocycles. The van der Waals surface area contributed by atoms with Crippen LogP contribution in [-0.2, 0) is 5.41 Å². The lowest BCUT2D eigenvalue weighted by Gasteiger charge is -2.19. The predicted molar refractivity (Wildman–Crippen MR) is 84.8 cm³/mol. The van der Waals surface area contributed by atoms with Gasteiger partial charge >= 0.3 is 0 Å². The van der Waals surface area contributed by atoms with E-state index in [1.165, 1.54) is 5.56 Å². The fraction of sp³-hybridized carbons (Fsp3) is 0.375. The topological polar surface area (TPSA) is 37.9 Å². The van der Waals surface area contributed by atoms with E-state index < -0.39 is 0 Å². The number of rotatable bonds is 2. The van der Waals surface area contributed by atoms with Crippen LogP contribution in [0.3, 0.4) is 0 Å². The first-order chi connectivity index (χ1) is 9.31. The van der Waals surface area contributed by atoms with Crippen LogP contribution >= 0.6 is 12.2 Å². The Morgan fingerprint density at radius 1 is 1.20 bits per heavy atom. The van der Waals surface area contributed by atoms with Crippen molar-refractivity contribution >= 4 is 12.2 Å². The van der Waals surface area contributed by atoms with E-state index in [-0.39, 0.29) is 5.41 Å². The molecule has 3 nitrogen and oxygen atoms in total. The van der Waals surface area contributed by atoms with Gasteiger partial charge in [0.15, 0.2) is 0 Å². The summed E-state index contributed by atoms with van der Waals surface area (Å²) in [6.45, 7) is 8.39. The summed E-state index contributed by atoms with van der Waals surface area (Å²) in [6.07, 6.45) is 0.